The summed E-state index contributed by atoms with van der Waals surface area (Å²) in [6.07, 6.45) is -1.32. The molecule has 194 valence electrons. The Bertz CT molecular complexity index is 1250. The molecule has 35 heavy (non-hydrogen) atoms. The van der Waals surface area contributed by atoms with Crippen LogP contribution in [0.2, 0.25) is 5.02 Å². The van der Waals surface area contributed by atoms with Crippen LogP contribution < -0.4 is 0 Å². The molecule has 0 aliphatic carbocycles. The van der Waals surface area contributed by atoms with E-state index in [0.29, 0.717) is 10.4 Å². The van der Waals surface area contributed by atoms with E-state index in [4.69, 9.17) is 21.1 Å². The van der Waals surface area contributed by atoms with Gasteiger partial charge in [0, 0.05) is 36.5 Å². The molecule has 0 unspecified atom stereocenters. The first-order chi connectivity index (χ1) is 15.8. The predicted octanol–water partition coefficient (Wildman–Crippen LogP) is 4.56. The van der Waals surface area contributed by atoms with E-state index in [0.717, 1.165) is 4.57 Å². The molecule has 1 aromatic carbocycles. The number of carbonyl (C=O) groups excluding carboxylic acids is 3. The van der Waals surface area contributed by atoms with E-state index in [2.05, 4.69) is 0 Å². The molecule has 0 bridgehead atoms. The quantitative estimate of drug-likeness (QED) is 0.505. The second-order valence-corrected chi connectivity index (χ2v) is 12.8. The summed E-state index contributed by atoms with van der Waals surface area (Å²) in [5.41, 5.74) is -1.23. The van der Waals surface area contributed by atoms with Crippen molar-refractivity contribution in [2.75, 3.05) is 12.8 Å². The van der Waals surface area contributed by atoms with Gasteiger partial charge in [0.2, 0.25) is 5.91 Å². The van der Waals surface area contributed by atoms with Crippen LogP contribution in [0.1, 0.15) is 60.5 Å². The number of amides is 1. The Morgan fingerprint density at radius 2 is 1.60 bits per heavy atom. The molecule has 2 rings (SSSR count). The van der Waals surface area contributed by atoms with Gasteiger partial charge in [0.05, 0.1) is 17.7 Å². The number of rotatable bonds is 6. The van der Waals surface area contributed by atoms with Gasteiger partial charge in [0.15, 0.2) is 14.9 Å². The molecule has 0 N–H and O–H groups in total. The van der Waals surface area contributed by atoms with Crippen LogP contribution in [0.25, 0.3) is 10.9 Å². The number of aromatic nitrogens is 1. The maximum Gasteiger partial charge on any atom is 0.420 e. The number of sulfone groups is 1. The number of benzene rings is 1. The summed E-state index contributed by atoms with van der Waals surface area (Å²) in [6, 6.07) is 4.58. The van der Waals surface area contributed by atoms with Crippen LogP contribution in [-0.4, -0.2) is 59.9 Å². The smallest absolute Gasteiger partial charge is 0.420 e. The van der Waals surface area contributed by atoms with Crippen molar-refractivity contribution in [1.29, 1.82) is 0 Å². The highest BCUT2D eigenvalue weighted by Crippen LogP contribution is 2.34. The van der Waals surface area contributed by atoms with Gasteiger partial charge in [-0.1, -0.05) is 11.6 Å². The molecule has 0 aliphatic heterocycles. The van der Waals surface area contributed by atoms with Crippen molar-refractivity contribution < 1.29 is 32.3 Å². The van der Waals surface area contributed by atoms with Gasteiger partial charge >= 0.3 is 12.1 Å². The maximum absolute atomic E-state index is 13.6. The number of fused-ring (bicyclic) bond motifs is 1. The van der Waals surface area contributed by atoms with Gasteiger partial charge in [-0.15, -0.1) is 0 Å². The Labute approximate surface area is 211 Å². The molecule has 1 amide bonds. The molecule has 11 heteroatoms. The largest absolute Gasteiger partial charge is 0.460 e. The first-order valence-electron chi connectivity index (χ1n) is 11.0. The van der Waals surface area contributed by atoms with E-state index in [1.165, 1.54) is 37.1 Å². The molecular weight excluding hydrogens is 496 g/mol. The molecular formula is C24H33ClN2O7S. The second kappa shape index (κ2) is 10.2. The minimum absolute atomic E-state index is 0.108. The number of carbonyl (C=O) groups is 3. The highest BCUT2D eigenvalue weighted by atomic mass is 35.5. The van der Waals surface area contributed by atoms with E-state index in [1.807, 2.05) is 0 Å². The van der Waals surface area contributed by atoms with Crippen molar-refractivity contribution in [3.63, 3.8) is 0 Å². The molecule has 1 heterocycles. The van der Waals surface area contributed by atoms with Crippen molar-refractivity contribution in [3.8, 4) is 0 Å². The van der Waals surface area contributed by atoms with Crippen LogP contribution in [0.5, 0.6) is 0 Å². The molecule has 0 saturated carbocycles. The predicted molar refractivity (Wildman–Crippen MR) is 133 cm³/mol. The molecule has 0 fully saturated rings. The van der Waals surface area contributed by atoms with Crippen LogP contribution in [0.3, 0.4) is 0 Å². The van der Waals surface area contributed by atoms with Crippen LogP contribution in [-0.2, 0) is 35.4 Å². The summed E-state index contributed by atoms with van der Waals surface area (Å²) in [5.74, 6) is -1.60. The molecule has 0 saturated heterocycles. The van der Waals surface area contributed by atoms with Gasteiger partial charge in [0.1, 0.15) is 11.2 Å². The zero-order valence-corrected chi connectivity index (χ0v) is 23.0. The van der Waals surface area contributed by atoms with E-state index in [-0.39, 0.29) is 28.6 Å². The Balaban J connectivity index is 2.76. The van der Waals surface area contributed by atoms with Crippen LogP contribution >= 0.6 is 11.6 Å². The number of hydrogen-bond donors (Lipinski definition) is 0. The van der Waals surface area contributed by atoms with Crippen molar-refractivity contribution >= 4 is 50.3 Å². The zero-order valence-electron chi connectivity index (χ0n) is 21.4. The fourth-order valence-corrected chi connectivity index (χ4v) is 5.13. The Morgan fingerprint density at radius 3 is 2.11 bits per heavy atom. The summed E-state index contributed by atoms with van der Waals surface area (Å²) in [4.78, 5) is 38.8. The van der Waals surface area contributed by atoms with Gasteiger partial charge < -0.3 is 14.4 Å². The minimum Gasteiger partial charge on any atom is -0.460 e. The number of hydrogen-bond acceptors (Lipinski definition) is 7. The fraction of sp³-hybridized carbons (Fsp3) is 0.542. The van der Waals surface area contributed by atoms with E-state index < -0.39 is 45.3 Å². The number of halogens is 1. The first kappa shape index (κ1) is 28.6. The lowest BCUT2D eigenvalue weighted by Gasteiger charge is -2.22. The number of esters is 1. The average Bonchev–Trinajstić information content (AvgIpc) is 2.98. The monoisotopic (exact) mass is 528 g/mol. The molecule has 9 nitrogen and oxygen atoms in total. The molecule has 1 aromatic heterocycles. The topological polar surface area (TPSA) is 112 Å². The van der Waals surface area contributed by atoms with Gasteiger partial charge in [0.25, 0.3) is 0 Å². The minimum atomic E-state index is -4.24. The lowest BCUT2D eigenvalue weighted by Crippen LogP contribution is -2.30. The van der Waals surface area contributed by atoms with Gasteiger partial charge in [-0.2, -0.15) is 0 Å². The SMILES string of the molecule is CC(=O)N(C)Cc1c(S(=O)(=O)CCC(=O)OC(C)(C)C)n(C(=O)OC(C)(C)C)c2ccc(Cl)cc12. The fourth-order valence-electron chi connectivity index (χ4n) is 3.33. The molecule has 0 radical (unpaired) electrons. The van der Waals surface area contributed by atoms with Crippen molar-refractivity contribution in [1.82, 2.24) is 9.47 Å². The van der Waals surface area contributed by atoms with Gasteiger partial charge in [-0.3, -0.25) is 9.59 Å². The third kappa shape index (κ3) is 7.44. The van der Waals surface area contributed by atoms with E-state index in [9.17, 15) is 22.8 Å². The normalized spacial score (nSPS) is 12.5. The Morgan fingerprint density at radius 1 is 1.03 bits per heavy atom. The summed E-state index contributed by atoms with van der Waals surface area (Å²) in [5, 5.41) is 0.358. The summed E-state index contributed by atoms with van der Waals surface area (Å²) < 4.78 is 39.0. The molecule has 0 aliphatic rings. The summed E-state index contributed by atoms with van der Waals surface area (Å²) in [6.45, 7) is 11.3. The van der Waals surface area contributed by atoms with Crippen LogP contribution in [0, 0.1) is 0 Å². The highest BCUT2D eigenvalue weighted by Gasteiger charge is 2.34. The maximum atomic E-state index is 13.6. The number of nitrogens with zero attached hydrogens (tertiary/aromatic N) is 2. The van der Waals surface area contributed by atoms with Crippen LogP contribution in [0.4, 0.5) is 4.79 Å². The zero-order chi connectivity index (χ0) is 26.9. The summed E-state index contributed by atoms with van der Waals surface area (Å²) in [7, 11) is -2.72. The Hall–Kier alpha value is -2.59. The third-order valence-corrected chi connectivity index (χ3v) is 6.78. The molecule has 2 aromatic rings. The summed E-state index contributed by atoms with van der Waals surface area (Å²) >= 11 is 6.20. The van der Waals surface area contributed by atoms with E-state index in [1.54, 1.807) is 41.5 Å². The second-order valence-electron chi connectivity index (χ2n) is 10.3. The third-order valence-electron chi connectivity index (χ3n) is 4.78. The van der Waals surface area contributed by atoms with Crippen molar-refractivity contribution in [3.05, 3.63) is 28.8 Å². The van der Waals surface area contributed by atoms with Crippen molar-refractivity contribution in [2.45, 2.75) is 77.7 Å². The number of ether oxygens (including phenoxy) is 2. The highest BCUT2D eigenvalue weighted by molar-refractivity contribution is 7.91. The lowest BCUT2D eigenvalue weighted by molar-refractivity contribution is -0.154. The average molecular weight is 529 g/mol. The first-order valence-corrected chi connectivity index (χ1v) is 13.1. The molecule has 0 atom stereocenters. The molecule has 0 spiro atoms. The van der Waals surface area contributed by atoms with Gasteiger partial charge in [-0.25, -0.2) is 17.8 Å². The lowest BCUT2D eigenvalue weighted by atomic mass is 10.1. The Kier molecular flexibility index (Phi) is 8.33. The van der Waals surface area contributed by atoms with Crippen LogP contribution in [0.15, 0.2) is 23.2 Å². The van der Waals surface area contributed by atoms with E-state index >= 15 is 0 Å². The standard InChI is InChI=1S/C24H33ClN2O7S/c1-15(28)26(8)14-18-17-13-16(25)9-10-19(17)27(22(30)34-24(5,6)7)21(18)35(31,32)12-11-20(29)33-23(2,3)4/h9-10,13H,11-12,14H2,1-8H3. The van der Waals surface area contributed by atoms with Gasteiger partial charge in [-0.05, 0) is 59.7 Å². The van der Waals surface area contributed by atoms with Crippen molar-refractivity contribution in [2.24, 2.45) is 0 Å².